The molecule has 0 aliphatic heterocycles. The molecule has 38 heavy (non-hydrogen) atoms. The van der Waals surface area contributed by atoms with Crippen LogP contribution in [-0.2, 0) is 50.8 Å². The van der Waals surface area contributed by atoms with Crippen LogP contribution in [0.15, 0.2) is 88.7 Å². The van der Waals surface area contributed by atoms with Gasteiger partial charge in [-0.25, -0.2) is 0 Å². The quantitative estimate of drug-likeness (QED) is 0.166. The first kappa shape index (κ1) is 29.4. The Bertz CT molecular complexity index is 1340. The van der Waals surface area contributed by atoms with Gasteiger partial charge in [0.1, 0.15) is 24.2 Å². The minimum absolute atomic E-state index is 0.00939. The van der Waals surface area contributed by atoms with Crippen molar-refractivity contribution in [3.63, 3.8) is 0 Å². The molecule has 8 nitrogen and oxygen atoms in total. The molecule has 0 saturated carbocycles. The van der Waals surface area contributed by atoms with Gasteiger partial charge in [0.25, 0.3) is 10.1 Å². The van der Waals surface area contributed by atoms with Crippen molar-refractivity contribution in [3.8, 4) is 0 Å². The van der Waals surface area contributed by atoms with Crippen molar-refractivity contribution in [2.45, 2.75) is 42.3 Å². The van der Waals surface area contributed by atoms with Gasteiger partial charge in [-0.1, -0.05) is 65.7 Å². The summed E-state index contributed by atoms with van der Waals surface area (Å²) in [4.78, 5) is 24.6. The zero-order valence-corrected chi connectivity index (χ0v) is 22.8. The first-order valence-corrected chi connectivity index (χ1v) is 14.5. The highest BCUT2D eigenvalue weighted by molar-refractivity contribution is 7.86. The lowest BCUT2D eigenvalue weighted by molar-refractivity contribution is -0.161. The molecule has 0 fully saturated rings. The highest BCUT2D eigenvalue weighted by Crippen LogP contribution is 2.23. The fourth-order valence-corrected chi connectivity index (χ4v) is 5.24. The summed E-state index contributed by atoms with van der Waals surface area (Å²) in [7, 11) is -5.84. The van der Waals surface area contributed by atoms with Crippen LogP contribution >= 0.6 is 0 Å². The third-order valence-corrected chi connectivity index (χ3v) is 8.23. The average molecular weight is 559 g/mol. The Morgan fingerprint density at radius 2 is 1.50 bits per heavy atom. The zero-order valence-electron chi connectivity index (χ0n) is 21.2. The molecule has 3 aromatic carbocycles. The van der Waals surface area contributed by atoms with Crippen molar-refractivity contribution in [1.82, 2.24) is 0 Å². The summed E-state index contributed by atoms with van der Waals surface area (Å²) in [5, 5.41) is 0. The number of aryl methyl sites for hydroxylation is 2. The van der Waals surface area contributed by atoms with Crippen LogP contribution in [0.25, 0.3) is 0 Å². The van der Waals surface area contributed by atoms with E-state index >= 15 is 0 Å². The number of hydrogen-bond acceptors (Lipinski definition) is 8. The van der Waals surface area contributed by atoms with Gasteiger partial charge in [0.15, 0.2) is 0 Å². The first-order chi connectivity index (χ1) is 18.1. The number of carbonyl (C=O) groups is 2. The highest BCUT2D eigenvalue weighted by atomic mass is 32.2. The summed E-state index contributed by atoms with van der Waals surface area (Å²) in [6, 6.07) is 22.0. The molecule has 0 heterocycles. The van der Waals surface area contributed by atoms with Crippen LogP contribution in [0.2, 0.25) is 0 Å². The highest BCUT2D eigenvalue weighted by Gasteiger charge is 2.36. The normalized spacial score (nSPS) is 13.8. The van der Waals surface area contributed by atoms with E-state index in [1.165, 1.54) is 12.1 Å². The smallest absolute Gasteiger partial charge is 0.319 e. The van der Waals surface area contributed by atoms with Gasteiger partial charge in [0.05, 0.1) is 28.9 Å². The molecule has 0 aliphatic rings. The molecule has 3 rings (SSSR count). The molecule has 0 aromatic heterocycles. The Hall–Kier alpha value is -3.18. The Labute approximate surface area is 225 Å². The topological polar surface area (TPSA) is 113 Å². The van der Waals surface area contributed by atoms with Crippen LogP contribution in [0.4, 0.5) is 0 Å². The van der Waals surface area contributed by atoms with E-state index in [-0.39, 0.29) is 17.9 Å². The zero-order chi connectivity index (χ0) is 27.6. The summed E-state index contributed by atoms with van der Waals surface area (Å²) in [6.45, 7) is 2.67. The van der Waals surface area contributed by atoms with Gasteiger partial charge >= 0.3 is 5.97 Å². The fourth-order valence-electron chi connectivity index (χ4n) is 3.36. The Balaban J connectivity index is 1.75. The van der Waals surface area contributed by atoms with Crippen molar-refractivity contribution < 1.29 is 35.9 Å². The van der Waals surface area contributed by atoms with E-state index < -0.39 is 51.5 Å². The Morgan fingerprint density at radius 3 is 2.11 bits per heavy atom. The summed E-state index contributed by atoms with van der Waals surface area (Å²) >= 11 is 0. The van der Waals surface area contributed by atoms with Gasteiger partial charge in [0, 0.05) is 11.3 Å². The first-order valence-electron chi connectivity index (χ1n) is 11.8. The van der Waals surface area contributed by atoms with Crippen LogP contribution in [0.3, 0.4) is 0 Å². The van der Waals surface area contributed by atoms with E-state index in [9.17, 15) is 22.2 Å². The maximum atomic E-state index is 12.8. The van der Waals surface area contributed by atoms with E-state index in [4.69, 9.17) is 13.7 Å². The monoisotopic (exact) mass is 558 g/mol. The molecular formula is C28H30O8S2. The molecular weight excluding hydrogens is 528 g/mol. The second-order valence-electron chi connectivity index (χ2n) is 8.82. The number of benzene rings is 3. The predicted octanol–water partition coefficient (Wildman–Crippen LogP) is 3.90. The van der Waals surface area contributed by atoms with Gasteiger partial charge < -0.3 is 14.3 Å². The van der Waals surface area contributed by atoms with Gasteiger partial charge in [-0.15, -0.1) is 0 Å². The summed E-state index contributed by atoms with van der Waals surface area (Å²) in [5.74, 6) is -1.20. The summed E-state index contributed by atoms with van der Waals surface area (Å²) < 4.78 is 54.9. The predicted molar refractivity (Wildman–Crippen MR) is 142 cm³/mol. The lowest BCUT2D eigenvalue weighted by Crippen LogP contribution is -2.44. The van der Waals surface area contributed by atoms with Crippen molar-refractivity contribution in [3.05, 3.63) is 95.6 Å². The molecule has 0 N–H and O–H groups in total. The van der Waals surface area contributed by atoms with E-state index in [0.717, 1.165) is 16.7 Å². The van der Waals surface area contributed by atoms with Crippen molar-refractivity contribution >= 4 is 33.2 Å². The molecule has 0 radical (unpaired) electrons. The van der Waals surface area contributed by atoms with Crippen LogP contribution < -0.4 is 0 Å². The summed E-state index contributed by atoms with van der Waals surface area (Å²) in [5.41, 5.74) is 1.02. The van der Waals surface area contributed by atoms with E-state index in [2.05, 4.69) is 0 Å². The third-order valence-electron chi connectivity index (χ3n) is 5.66. The summed E-state index contributed by atoms with van der Waals surface area (Å²) in [6.07, 6.45) is 0.239. The number of carbonyl (C=O) groups excluding carboxylic acids is 2. The molecule has 0 unspecified atom stereocenters. The molecule has 0 spiro atoms. The van der Waals surface area contributed by atoms with Crippen molar-refractivity contribution in [2.24, 2.45) is 0 Å². The van der Waals surface area contributed by atoms with Gasteiger partial charge in [0.2, 0.25) is 0 Å². The maximum Gasteiger partial charge on any atom is 0.319 e. The van der Waals surface area contributed by atoms with Crippen LogP contribution in [0.5, 0.6) is 0 Å². The molecule has 0 saturated heterocycles. The van der Waals surface area contributed by atoms with Crippen LogP contribution in [0, 0.1) is 13.8 Å². The molecule has 202 valence electrons. The van der Waals surface area contributed by atoms with E-state index in [0.29, 0.717) is 11.2 Å². The Morgan fingerprint density at radius 1 is 0.895 bits per heavy atom. The van der Waals surface area contributed by atoms with E-state index in [1.807, 2.05) is 19.9 Å². The van der Waals surface area contributed by atoms with Gasteiger partial charge in [-0.05, 0) is 43.7 Å². The fraction of sp³-hybridized carbons (Fsp3) is 0.286. The standard InChI is InChI=1S/C28H30O8S2/c1-22-8-12-25(13-9-22)37(31)19-27(30)34-20-28(16-17-29,35-18-24-6-4-3-5-7-24)21-36-38(32,33)26-14-10-23(2)11-15-26/h3-15,17H,16,18-21H2,1-2H3/t28-,37+/m0/s1. The largest absolute Gasteiger partial charge is 0.462 e. The second kappa shape index (κ2) is 13.6. The number of rotatable bonds is 14. The van der Waals surface area contributed by atoms with E-state index in [1.54, 1.807) is 60.7 Å². The molecule has 2 atom stereocenters. The Kier molecular flexibility index (Phi) is 10.5. The molecule has 3 aromatic rings. The molecule has 0 amide bonds. The minimum atomic E-state index is -4.19. The lowest BCUT2D eigenvalue weighted by atomic mass is 10.0. The maximum absolute atomic E-state index is 12.8. The van der Waals surface area contributed by atoms with Crippen LogP contribution in [0.1, 0.15) is 23.1 Å². The van der Waals surface area contributed by atoms with Crippen molar-refractivity contribution in [2.75, 3.05) is 19.0 Å². The molecule has 0 bridgehead atoms. The SMILES string of the molecule is Cc1ccc([S@](=O)CC(=O)OC[C@@](CC=O)(COS(=O)(=O)c2ccc(C)cc2)OCc2ccccc2)cc1. The second-order valence-corrected chi connectivity index (χ2v) is 11.9. The molecule has 0 aliphatic carbocycles. The lowest BCUT2D eigenvalue weighted by Gasteiger charge is -2.31. The number of aldehydes is 1. The average Bonchev–Trinajstić information content (AvgIpc) is 2.91. The number of hydrogen-bond donors (Lipinski definition) is 0. The van der Waals surface area contributed by atoms with Gasteiger partial charge in [-0.3, -0.25) is 13.2 Å². The van der Waals surface area contributed by atoms with Gasteiger partial charge in [-0.2, -0.15) is 8.42 Å². The van der Waals surface area contributed by atoms with Crippen LogP contribution in [-0.4, -0.2) is 49.4 Å². The number of ether oxygens (including phenoxy) is 2. The van der Waals surface area contributed by atoms with Crippen molar-refractivity contribution in [1.29, 1.82) is 0 Å². The minimum Gasteiger partial charge on any atom is -0.462 e. The molecule has 10 heteroatoms. The third kappa shape index (κ3) is 8.70. The number of esters is 1.